The maximum atomic E-state index is 12.6. The summed E-state index contributed by atoms with van der Waals surface area (Å²) in [6.45, 7) is 1.78. The molecule has 1 unspecified atom stereocenters. The first-order valence-corrected chi connectivity index (χ1v) is 9.59. The minimum absolute atomic E-state index is 0.223. The molecule has 0 aliphatic carbocycles. The van der Waals surface area contributed by atoms with E-state index in [1.54, 1.807) is 43.1 Å². The fourth-order valence-corrected chi connectivity index (χ4v) is 3.51. The lowest BCUT2D eigenvalue weighted by molar-refractivity contribution is -0.115. The van der Waals surface area contributed by atoms with Crippen LogP contribution in [-0.4, -0.2) is 33.0 Å². The van der Waals surface area contributed by atoms with Crippen LogP contribution in [-0.2, 0) is 4.79 Å². The van der Waals surface area contributed by atoms with Gasteiger partial charge in [0, 0.05) is 5.02 Å². The first-order chi connectivity index (χ1) is 13.0. The summed E-state index contributed by atoms with van der Waals surface area (Å²) >= 11 is 13.3. The number of nitrogens with one attached hydrogen (secondary N) is 1. The van der Waals surface area contributed by atoms with E-state index in [0.717, 1.165) is 5.69 Å². The van der Waals surface area contributed by atoms with Crippen molar-refractivity contribution in [3.8, 4) is 11.4 Å². The molecule has 0 bridgehead atoms. The number of para-hydroxylation sites is 2. The number of methoxy groups -OCH3 is 1. The Morgan fingerprint density at radius 3 is 2.81 bits per heavy atom. The lowest BCUT2D eigenvalue weighted by Gasteiger charge is -2.14. The van der Waals surface area contributed by atoms with Gasteiger partial charge in [0.05, 0.1) is 28.8 Å². The predicted molar refractivity (Wildman–Crippen MR) is 108 cm³/mol. The summed E-state index contributed by atoms with van der Waals surface area (Å²) < 4.78 is 7.17. The summed E-state index contributed by atoms with van der Waals surface area (Å²) in [7, 11) is 1.60. The quantitative estimate of drug-likeness (QED) is 0.582. The van der Waals surface area contributed by atoms with Gasteiger partial charge >= 0.3 is 0 Å². The number of thioether (sulfide) groups is 1. The molecule has 27 heavy (non-hydrogen) atoms. The van der Waals surface area contributed by atoms with Gasteiger partial charge in [0.15, 0.2) is 5.16 Å². The van der Waals surface area contributed by atoms with Crippen molar-refractivity contribution >= 4 is 46.6 Å². The average Bonchev–Trinajstić information content (AvgIpc) is 3.12. The molecule has 1 heterocycles. The van der Waals surface area contributed by atoms with Gasteiger partial charge < -0.3 is 10.1 Å². The van der Waals surface area contributed by atoms with Crippen LogP contribution in [0.3, 0.4) is 0 Å². The number of benzene rings is 2. The number of aromatic nitrogens is 3. The number of hydrogen-bond donors (Lipinski definition) is 1. The van der Waals surface area contributed by atoms with Gasteiger partial charge in [-0.25, -0.2) is 0 Å². The Kier molecular flexibility index (Phi) is 6.26. The lowest BCUT2D eigenvalue weighted by atomic mass is 10.3. The zero-order valence-electron chi connectivity index (χ0n) is 14.5. The van der Waals surface area contributed by atoms with Crippen molar-refractivity contribution < 1.29 is 9.53 Å². The topological polar surface area (TPSA) is 69.0 Å². The third-order valence-corrected chi connectivity index (χ3v) is 5.32. The molecule has 1 atom stereocenters. The summed E-state index contributed by atoms with van der Waals surface area (Å²) in [6.07, 6.45) is 1.58. The molecule has 6 nitrogen and oxygen atoms in total. The molecule has 2 aromatic carbocycles. The van der Waals surface area contributed by atoms with Crippen molar-refractivity contribution in [2.45, 2.75) is 17.3 Å². The monoisotopic (exact) mass is 422 g/mol. The number of rotatable bonds is 6. The van der Waals surface area contributed by atoms with E-state index in [1.165, 1.54) is 11.8 Å². The lowest BCUT2D eigenvalue weighted by Crippen LogP contribution is -2.23. The van der Waals surface area contributed by atoms with E-state index in [4.69, 9.17) is 27.9 Å². The standard InChI is InChI=1S/C18H16Cl2N4O2S/c1-11(17(25)22-14-9-12(19)7-8-13(14)20)27-18-23-21-10-24(18)15-5-3-4-6-16(15)26-2/h3-11H,1-2H3,(H,22,25). The van der Waals surface area contributed by atoms with Gasteiger partial charge in [0.1, 0.15) is 12.1 Å². The summed E-state index contributed by atoms with van der Waals surface area (Å²) in [5.74, 6) is 0.459. The highest BCUT2D eigenvalue weighted by atomic mass is 35.5. The van der Waals surface area contributed by atoms with E-state index in [1.807, 2.05) is 24.3 Å². The zero-order valence-corrected chi connectivity index (χ0v) is 16.8. The van der Waals surface area contributed by atoms with Gasteiger partial charge in [-0.15, -0.1) is 10.2 Å². The van der Waals surface area contributed by atoms with Crippen molar-refractivity contribution in [1.82, 2.24) is 14.8 Å². The second kappa shape index (κ2) is 8.65. The van der Waals surface area contributed by atoms with E-state index < -0.39 is 5.25 Å². The van der Waals surface area contributed by atoms with Crippen LogP contribution in [0.2, 0.25) is 10.0 Å². The molecule has 3 rings (SSSR count). The van der Waals surface area contributed by atoms with Crippen molar-refractivity contribution in [2.24, 2.45) is 0 Å². The molecule has 0 saturated heterocycles. The number of anilines is 1. The highest BCUT2D eigenvalue weighted by molar-refractivity contribution is 8.00. The Labute approximate surface area is 170 Å². The molecule has 9 heteroatoms. The van der Waals surface area contributed by atoms with Crippen LogP contribution in [0.25, 0.3) is 5.69 Å². The molecular formula is C18H16Cl2N4O2S. The highest BCUT2D eigenvalue weighted by Gasteiger charge is 2.20. The van der Waals surface area contributed by atoms with Crippen molar-refractivity contribution in [3.63, 3.8) is 0 Å². The number of amides is 1. The molecule has 0 spiro atoms. The van der Waals surface area contributed by atoms with Crippen LogP contribution in [0.5, 0.6) is 5.75 Å². The average molecular weight is 423 g/mol. The van der Waals surface area contributed by atoms with Crippen molar-refractivity contribution in [2.75, 3.05) is 12.4 Å². The summed E-state index contributed by atoms with van der Waals surface area (Å²) in [5.41, 5.74) is 1.26. The minimum Gasteiger partial charge on any atom is -0.495 e. The number of halogens is 2. The van der Waals surface area contributed by atoms with Gasteiger partial charge in [-0.3, -0.25) is 9.36 Å². The predicted octanol–water partition coefficient (Wildman–Crippen LogP) is 4.70. The van der Waals surface area contributed by atoms with E-state index in [-0.39, 0.29) is 5.91 Å². The molecule has 0 aliphatic heterocycles. The van der Waals surface area contributed by atoms with Crippen LogP contribution >= 0.6 is 35.0 Å². The zero-order chi connectivity index (χ0) is 19.4. The van der Waals surface area contributed by atoms with Gasteiger partial charge in [-0.05, 0) is 37.3 Å². The fraction of sp³-hybridized carbons (Fsp3) is 0.167. The Balaban J connectivity index is 1.77. The first-order valence-electron chi connectivity index (χ1n) is 7.95. The van der Waals surface area contributed by atoms with Gasteiger partial charge in [-0.1, -0.05) is 47.1 Å². The number of hydrogen-bond acceptors (Lipinski definition) is 5. The van der Waals surface area contributed by atoms with Crippen molar-refractivity contribution in [1.29, 1.82) is 0 Å². The number of ether oxygens (including phenoxy) is 1. The van der Waals surface area contributed by atoms with E-state index in [9.17, 15) is 4.79 Å². The van der Waals surface area contributed by atoms with Crippen LogP contribution in [0.15, 0.2) is 53.9 Å². The van der Waals surface area contributed by atoms with Crippen LogP contribution in [0, 0.1) is 0 Å². The van der Waals surface area contributed by atoms with Gasteiger partial charge in [0.25, 0.3) is 0 Å². The number of nitrogens with zero attached hydrogens (tertiary/aromatic N) is 3. The smallest absolute Gasteiger partial charge is 0.237 e. The molecule has 1 aromatic heterocycles. The van der Waals surface area contributed by atoms with E-state index >= 15 is 0 Å². The Morgan fingerprint density at radius 2 is 2.04 bits per heavy atom. The normalized spacial score (nSPS) is 11.9. The third-order valence-electron chi connectivity index (χ3n) is 3.70. The number of carbonyl (C=O) groups excluding carboxylic acids is 1. The summed E-state index contributed by atoms with van der Waals surface area (Å²) in [5, 5.41) is 11.9. The summed E-state index contributed by atoms with van der Waals surface area (Å²) in [4.78, 5) is 12.6. The number of carbonyl (C=O) groups is 1. The van der Waals surface area contributed by atoms with Gasteiger partial charge in [-0.2, -0.15) is 0 Å². The maximum absolute atomic E-state index is 12.6. The Hall–Kier alpha value is -2.22. The SMILES string of the molecule is COc1ccccc1-n1cnnc1SC(C)C(=O)Nc1cc(Cl)ccc1Cl. The molecule has 140 valence electrons. The van der Waals surface area contributed by atoms with E-state index in [0.29, 0.717) is 26.6 Å². The molecule has 0 saturated carbocycles. The fourth-order valence-electron chi connectivity index (χ4n) is 2.34. The molecular weight excluding hydrogens is 407 g/mol. The largest absolute Gasteiger partial charge is 0.495 e. The molecule has 0 radical (unpaired) electrons. The second-order valence-electron chi connectivity index (χ2n) is 5.53. The van der Waals surface area contributed by atoms with Crippen LogP contribution < -0.4 is 10.1 Å². The Morgan fingerprint density at radius 1 is 1.26 bits per heavy atom. The second-order valence-corrected chi connectivity index (χ2v) is 7.68. The maximum Gasteiger partial charge on any atom is 0.237 e. The van der Waals surface area contributed by atoms with Crippen molar-refractivity contribution in [3.05, 3.63) is 58.8 Å². The summed E-state index contributed by atoms with van der Waals surface area (Å²) in [6, 6.07) is 12.4. The molecule has 1 N–H and O–H groups in total. The minimum atomic E-state index is -0.447. The molecule has 1 amide bonds. The van der Waals surface area contributed by atoms with Crippen LogP contribution in [0.1, 0.15) is 6.92 Å². The molecule has 0 fully saturated rings. The Bertz CT molecular complexity index is 964. The van der Waals surface area contributed by atoms with Crippen LogP contribution in [0.4, 0.5) is 5.69 Å². The first kappa shape index (κ1) is 19.5. The molecule has 3 aromatic rings. The van der Waals surface area contributed by atoms with Gasteiger partial charge in [0.2, 0.25) is 5.91 Å². The molecule has 0 aliphatic rings. The van der Waals surface area contributed by atoms with E-state index in [2.05, 4.69) is 15.5 Å². The highest BCUT2D eigenvalue weighted by Crippen LogP contribution is 2.30. The third kappa shape index (κ3) is 4.55.